The van der Waals surface area contributed by atoms with Crippen LogP contribution in [-0.2, 0) is 4.74 Å². The van der Waals surface area contributed by atoms with E-state index < -0.39 is 0 Å². The van der Waals surface area contributed by atoms with Crippen LogP contribution in [0, 0.1) is 0 Å². The van der Waals surface area contributed by atoms with Crippen LogP contribution < -0.4 is 14.8 Å². The van der Waals surface area contributed by atoms with Crippen LogP contribution in [-0.4, -0.2) is 33.5 Å². The van der Waals surface area contributed by atoms with E-state index in [4.69, 9.17) is 14.2 Å². The predicted molar refractivity (Wildman–Crippen MR) is 65.7 cm³/mol. The zero-order valence-corrected chi connectivity index (χ0v) is 10.4. The largest absolute Gasteiger partial charge is 0.493 e. The Kier molecular flexibility index (Phi) is 4.23. The van der Waals surface area contributed by atoms with Gasteiger partial charge in [-0.15, -0.1) is 0 Å². The number of rotatable bonds is 4. The van der Waals surface area contributed by atoms with Gasteiger partial charge >= 0.3 is 0 Å². The number of hydrogen-bond donors (Lipinski definition) is 1. The fourth-order valence-corrected chi connectivity index (χ4v) is 1.96. The quantitative estimate of drug-likeness (QED) is 0.866. The van der Waals surface area contributed by atoms with Crippen molar-refractivity contribution in [1.82, 2.24) is 5.32 Å². The first-order valence-electron chi connectivity index (χ1n) is 5.97. The van der Waals surface area contributed by atoms with Gasteiger partial charge in [0, 0.05) is 6.54 Å². The van der Waals surface area contributed by atoms with Crippen LogP contribution >= 0.6 is 0 Å². The third-order valence-electron chi connectivity index (χ3n) is 2.81. The molecule has 4 nitrogen and oxygen atoms in total. The molecule has 1 atom stereocenters. The molecule has 1 saturated heterocycles. The molecular weight excluding hydrogens is 218 g/mol. The maximum absolute atomic E-state index is 5.57. The summed E-state index contributed by atoms with van der Waals surface area (Å²) in [5.41, 5.74) is 1.17. The lowest BCUT2D eigenvalue weighted by Crippen LogP contribution is -2.34. The fraction of sp³-hybridized carbons (Fsp3) is 0.538. The van der Waals surface area contributed by atoms with Gasteiger partial charge in [-0.1, -0.05) is 6.07 Å². The first kappa shape index (κ1) is 12.2. The van der Waals surface area contributed by atoms with Gasteiger partial charge in [0.25, 0.3) is 0 Å². The van der Waals surface area contributed by atoms with Crippen molar-refractivity contribution in [2.24, 2.45) is 0 Å². The zero-order valence-electron chi connectivity index (χ0n) is 10.4. The van der Waals surface area contributed by atoms with E-state index in [1.165, 1.54) is 5.56 Å². The smallest absolute Gasteiger partial charge is 0.161 e. The summed E-state index contributed by atoms with van der Waals surface area (Å²) in [5.74, 6) is 1.56. The van der Waals surface area contributed by atoms with E-state index in [9.17, 15) is 0 Å². The lowest BCUT2D eigenvalue weighted by Gasteiger charge is -2.24. The van der Waals surface area contributed by atoms with Crippen LogP contribution in [0.1, 0.15) is 18.5 Å². The van der Waals surface area contributed by atoms with Crippen molar-refractivity contribution in [2.75, 3.05) is 33.5 Å². The van der Waals surface area contributed by atoms with E-state index in [2.05, 4.69) is 5.32 Å². The summed E-state index contributed by atoms with van der Waals surface area (Å²) in [6, 6.07) is 6.26. The number of ether oxygens (including phenoxy) is 3. The Hall–Kier alpha value is -1.26. The highest BCUT2D eigenvalue weighted by atomic mass is 16.5. The van der Waals surface area contributed by atoms with E-state index in [0.717, 1.165) is 24.7 Å². The molecule has 2 rings (SSSR count). The molecule has 94 valence electrons. The highest BCUT2D eigenvalue weighted by molar-refractivity contribution is 5.44. The first-order valence-corrected chi connectivity index (χ1v) is 5.97. The Morgan fingerprint density at radius 1 is 1.41 bits per heavy atom. The Labute approximate surface area is 102 Å². The summed E-state index contributed by atoms with van der Waals surface area (Å²) in [5, 5.41) is 3.42. The third kappa shape index (κ3) is 2.90. The van der Waals surface area contributed by atoms with Gasteiger partial charge in [0.05, 0.1) is 33.0 Å². The Bertz CT molecular complexity index is 362. The van der Waals surface area contributed by atoms with E-state index in [0.29, 0.717) is 13.2 Å². The Morgan fingerprint density at radius 2 is 2.29 bits per heavy atom. The minimum absolute atomic E-state index is 0.244. The Morgan fingerprint density at radius 3 is 2.94 bits per heavy atom. The summed E-state index contributed by atoms with van der Waals surface area (Å²) in [6.45, 7) is 4.98. The summed E-state index contributed by atoms with van der Waals surface area (Å²) in [6.07, 6.45) is 0. The summed E-state index contributed by atoms with van der Waals surface area (Å²) >= 11 is 0. The van der Waals surface area contributed by atoms with Gasteiger partial charge in [0.1, 0.15) is 0 Å². The minimum atomic E-state index is 0.244. The molecule has 0 amide bonds. The van der Waals surface area contributed by atoms with Crippen LogP contribution in [0.4, 0.5) is 0 Å². The number of hydrogen-bond acceptors (Lipinski definition) is 4. The van der Waals surface area contributed by atoms with Crippen LogP contribution in [0.3, 0.4) is 0 Å². The van der Waals surface area contributed by atoms with Crippen molar-refractivity contribution < 1.29 is 14.2 Å². The molecule has 0 bridgehead atoms. The molecule has 17 heavy (non-hydrogen) atoms. The molecule has 1 aliphatic heterocycles. The number of methoxy groups -OCH3 is 1. The highest BCUT2D eigenvalue weighted by Crippen LogP contribution is 2.30. The topological polar surface area (TPSA) is 39.7 Å². The molecular formula is C13H19NO3. The highest BCUT2D eigenvalue weighted by Gasteiger charge is 2.17. The van der Waals surface area contributed by atoms with E-state index >= 15 is 0 Å². The monoisotopic (exact) mass is 237 g/mol. The van der Waals surface area contributed by atoms with Gasteiger partial charge in [0.15, 0.2) is 11.5 Å². The number of benzene rings is 1. The average molecular weight is 237 g/mol. The van der Waals surface area contributed by atoms with E-state index in [1.807, 2.05) is 25.1 Å². The lowest BCUT2D eigenvalue weighted by molar-refractivity contribution is 0.0768. The molecule has 0 aromatic heterocycles. The van der Waals surface area contributed by atoms with Crippen LogP contribution in [0.5, 0.6) is 11.5 Å². The molecule has 4 heteroatoms. The van der Waals surface area contributed by atoms with Crippen LogP contribution in [0.25, 0.3) is 0 Å². The molecule has 1 fully saturated rings. The molecule has 0 aliphatic carbocycles. The summed E-state index contributed by atoms with van der Waals surface area (Å²) in [7, 11) is 1.65. The van der Waals surface area contributed by atoms with Crippen molar-refractivity contribution in [2.45, 2.75) is 13.0 Å². The van der Waals surface area contributed by atoms with Crippen molar-refractivity contribution in [1.29, 1.82) is 0 Å². The molecule has 1 N–H and O–H groups in total. The predicted octanol–water partition coefficient (Wildman–Crippen LogP) is 1.75. The van der Waals surface area contributed by atoms with Crippen LogP contribution in [0.2, 0.25) is 0 Å². The van der Waals surface area contributed by atoms with Crippen LogP contribution in [0.15, 0.2) is 18.2 Å². The SMILES string of the molecule is CCOc1cc([C@H]2COCCN2)ccc1OC. The summed E-state index contributed by atoms with van der Waals surface area (Å²) < 4.78 is 16.3. The second kappa shape index (κ2) is 5.89. The molecule has 0 saturated carbocycles. The van der Waals surface area contributed by atoms with Crippen molar-refractivity contribution in [3.05, 3.63) is 23.8 Å². The average Bonchev–Trinajstić information content (AvgIpc) is 2.40. The third-order valence-corrected chi connectivity index (χ3v) is 2.81. The maximum atomic E-state index is 5.57. The molecule has 0 radical (unpaired) electrons. The van der Waals surface area contributed by atoms with E-state index in [1.54, 1.807) is 7.11 Å². The zero-order chi connectivity index (χ0) is 12.1. The van der Waals surface area contributed by atoms with Gasteiger partial charge in [-0.2, -0.15) is 0 Å². The van der Waals surface area contributed by atoms with Gasteiger partial charge in [-0.25, -0.2) is 0 Å². The fourth-order valence-electron chi connectivity index (χ4n) is 1.96. The van der Waals surface area contributed by atoms with Gasteiger partial charge in [-0.05, 0) is 24.6 Å². The number of morpholine rings is 1. The second-order valence-electron chi connectivity index (χ2n) is 3.92. The second-order valence-corrected chi connectivity index (χ2v) is 3.92. The van der Waals surface area contributed by atoms with Gasteiger partial charge in [-0.3, -0.25) is 0 Å². The number of nitrogens with one attached hydrogen (secondary N) is 1. The minimum Gasteiger partial charge on any atom is -0.493 e. The van der Waals surface area contributed by atoms with Crippen molar-refractivity contribution in [3.63, 3.8) is 0 Å². The van der Waals surface area contributed by atoms with Gasteiger partial charge in [0.2, 0.25) is 0 Å². The molecule has 0 unspecified atom stereocenters. The standard InChI is InChI=1S/C13H19NO3/c1-3-17-13-8-10(4-5-12(13)15-2)11-9-16-7-6-14-11/h4-5,8,11,14H,3,6-7,9H2,1-2H3/t11-/m1/s1. The molecule has 0 spiro atoms. The lowest BCUT2D eigenvalue weighted by atomic mass is 10.1. The van der Waals surface area contributed by atoms with Gasteiger partial charge < -0.3 is 19.5 Å². The summed E-state index contributed by atoms with van der Waals surface area (Å²) in [4.78, 5) is 0. The van der Waals surface area contributed by atoms with Crippen molar-refractivity contribution in [3.8, 4) is 11.5 Å². The maximum Gasteiger partial charge on any atom is 0.161 e. The van der Waals surface area contributed by atoms with Crippen molar-refractivity contribution >= 4 is 0 Å². The Balaban J connectivity index is 2.19. The molecule has 1 heterocycles. The molecule has 1 aromatic rings. The molecule has 1 aromatic carbocycles. The normalized spacial score (nSPS) is 20.0. The first-order chi connectivity index (χ1) is 8.35. The van der Waals surface area contributed by atoms with E-state index in [-0.39, 0.29) is 6.04 Å². The molecule has 1 aliphatic rings.